The Balaban J connectivity index is 2.83. The summed E-state index contributed by atoms with van der Waals surface area (Å²) >= 11 is 5.75. The molecule has 1 aromatic rings. The highest BCUT2D eigenvalue weighted by Gasteiger charge is 2.15. The standard InChI is InChI=1S/C12H15ClO/c1-3-9(4-2)12(14)10-5-7-11(13)8-6-10/h5-9H,3-4H2,1-2H3. The molecule has 0 aliphatic rings. The van der Waals surface area contributed by atoms with Gasteiger partial charge in [0.2, 0.25) is 0 Å². The highest BCUT2D eigenvalue weighted by Crippen LogP contribution is 2.17. The summed E-state index contributed by atoms with van der Waals surface area (Å²) in [6.45, 7) is 4.09. The molecule has 1 aromatic carbocycles. The maximum absolute atomic E-state index is 11.9. The van der Waals surface area contributed by atoms with E-state index in [1.54, 1.807) is 24.3 Å². The zero-order valence-electron chi connectivity index (χ0n) is 8.59. The van der Waals surface area contributed by atoms with Crippen LogP contribution in [0.1, 0.15) is 37.0 Å². The van der Waals surface area contributed by atoms with Gasteiger partial charge >= 0.3 is 0 Å². The lowest BCUT2D eigenvalue weighted by atomic mass is 9.93. The van der Waals surface area contributed by atoms with Gasteiger partial charge in [-0.3, -0.25) is 4.79 Å². The lowest BCUT2D eigenvalue weighted by Gasteiger charge is -2.10. The summed E-state index contributed by atoms with van der Waals surface area (Å²) in [6.07, 6.45) is 1.80. The molecular weight excluding hydrogens is 196 g/mol. The van der Waals surface area contributed by atoms with E-state index < -0.39 is 0 Å². The van der Waals surface area contributed by atoms with Crippen LogP contribution in [0.25, 0.3) is 0 Å². The third kappa shape index (κ3) is 2.58. The van der Waals surface area contributed by atoms with E-state index in [1.165, 1.54) is 0 Å². The summed E-state index contributed by atoms with van der Waals surface area (Å²) in [5.74, 6) is 0.378. The van der Waals surface area contributed by atoms with Gasteiger partial charge in [-0.2, -0.15) is 0 Å². The minimum absolute atomic E-state index is 0.149. The van der Waals surface area contributed by atoms with Crippen LogP contribution in [0.4, 0.5) is 0 Å². The molecule has 0 saturated heterocycles. The number of Topliss-reactive ketones (excluding diaryl/α,β-unsaturated/α-hetero) is 1. The molecule has 0 aliphatic heterocycles. The molecule has 2 heteroatoms. The number of carbonyl (C=O) groups excluding carboxylic acids is 1. The number of hydrogen-bond acceptors (Lipinski definition) is 1. The fourth-order valence-electron chi connectivity index (χ4n) is 1.51. The van der Waals surface area contributed by atoms with E-state index in [-0.39, 0.29) is 11.7 Å². The third-order valence-corrected chi connectivity index (χ3v) is 2.74. The van der Waals surface area contributed by atoms with E-state index in [4.69, 9.17) is 11.6 Å². The Hall–Kier alpha value is -0.820. The Bertz CT molecular complexity index is 299. The number of carbonyl (C=O) groups is 1. The van der Waals surface area contributed by atoms with Crippen LogP contribution in [0.3, 0.4) is 0 Å². The molecule has 76 valence electrons. The van der Waals surface area contributed by atoms with Gasteiger partial charge in [-0.15, -0.1) is 0 Å². The second kappa shape index (κ2) is 5.16. The molecule has 0 unspecified atom stereocenters. The SMILES string of the molecule is CCC(CC)C(=O)c1ccc(Cl)cc1. The van der Waals surface area contributed by atoms with Gasteiger partial charge in [-0.1, -0.05) is 25.4 Å². The molecule has 0 aromatic heterocycles. The first-order chi connectivity index (χ1) is 6.69. The molecular formula is C12H15ClO. The molecule has 0 bridgehead atoms. The summed E-state index contributed by atoms with van der Waals surface area (Å²) in [6, 6.07) is 7.11. The van der Waals surface area contributed by atoms with Crippen molar-refractivity contribution in [3.8, 4) is 0 Å². The molecule has 1 rings (SSSR count). The fraction of sp³-hybridized carbons (Fsp3) is 0.417. The summed E-state index contributed by atoms with van der Waals surface area (Å²) in [5.41, 5.74) is 0.767. The van der Waals surface area contributed by atoms with Crippen LogP contribution in [0.2, 0.25) is 5.02 Å². The van der Waals surface area contributed by atoms with Gasteiger partial charge in [0.05, 0.1) is 0 Å². The zero-order chi connectivity index (χ0) is 10.6. The summed E-state index contributed by atoms with van der Waals surface area (Å²) in [7, 11) is 0. The third-order valence-electron chi connectivity index (χ3n) is 2.49. The minimum Gasteiger partial charge on any atom is -0.294 e. The Kier molecular flexibility index (Phi) is 4.15. The van der Waals surface area contributed by atoms with Crippen LogP contribution < -0.4 is 0 Å². The van der Waals surface area contributed by atoms with Gasteiger partial charge < -0.3 is 0 Å². The smallest absolute Gasteiger partial charge is 0.165 e. The lowest BCUT2D eigenvalue weighted by Crippen LogP contribution is -2.12. The van der Waals surface area contributed by atoms with E-state index in [9.17, 15) is 4.79 Å². The van der Waals surface area contributed by atoms with Crippen molar-refractivity contribution < 1.29 is 4.79 Å². The average Bonchev–Trinajstić information content (AvgIpc) is 2.20. The summed E-state index contributed by atoms with van der Waals surface area (Å²) < 4.78 is 0. The maximum Gasteiger partial charge on any atom is 0.165 e. The fourth-order valence-corrected chi connectivity index (χ4v) is 1.64. The molecule has 0 radical (unpaired) electrons. The van der Waals surface area contributed by atoms with Crippen LogP contribution in [-0.4, -0.2) is 5.78 Å². The van der Waals surface area contributed by atoms with Crippen molar-refractivity contribution >= 4 is 17.4 Å². The summed E-state index contributed by atoms with van der Waals surface area (Å²) in [4.78, 5) is 11.9. The first-order valence-corrected chi connectivity index (χ1v) is 5.36. The Morgan fingerprint density at radius 3 is 2.14 bits per heavy atom. The molecule has 0 aliphatic carbocycles. The molecule has 0 spiro atoms. The first-order valence-electron chi connectivity index (χ1n) is 4.98. The van der Waals surface area contributed by atoms with Crippen LogP contribution in [0, 0.1) is 5.92 Å². The summed E-state index contributed by atoms with van der Waals surface area (Å²) in [5, 5.41) is 0.672. The number of ketones is 1. The van der Waals surface area contributed by atoms with Crippen molar-refractivity contribution in [3.05, 3.63) is 34.9 Å². The average molecular weight is 211 g/mol. The molecule has 14 heavy (non-hydrogen) atoms. The van der Waals surface area contributed by atoms with Gasteiger partial charge in [-0.05, 0) is 37.1 Å². The number of halogens is 1. The number of rotatable bonds is 4. The van der Waals surface area contributed by atoms with Crippen molar-refractivity contribution in [2.45, 2.75) is 26.7 Å². The van der Waals surface area contributed by atoms with E-state index in [1.807, 2.05) is 13.8 Å². The molecule has 0 saturated carbocycles. The van der Waals surface area contributed by atoms with Gasteiger partial charge in [0.25, 0.3) is 0 Å². The van der Waals surface area contributed by atoms with Gasteiger partial charge in [0, 0.05) is 16.5 Å². The molecule has 0 amide bonds. The molecule has 0 heterocycles. The Morgan fingerprint density at radius 1 is 1.21 bits per heavy atom. The zero-order valence-corrected chi connectivity index (χ0v) is 9.34. The minimum atomic E-state index is 0.149. The molecule has 0 fully saturated rings. The van der Waals surface area contributed by atoms with Crippen molar-refractivity contribution in [2.24, 2.45) is 5.92 Å². The normalized spacial score (nSPS) is 10.6. The second-order valence-corrected chi connectivity index (χ2v) is 3.82. The van der Waals surface area contributed by atoms with Crippen LogP contribution in [0.15, 0.2) is 24.3 Å². The highest BCUT2D eigenvalue weighted by molar-refractivity contribution is 6.30. The van der Waals surface area contributed by atoms with Crippen LogP contribution >= 0.6 is 11.6 Å². The topological polar surface area (TPSA) is 17.1 Å². The quantitative estimate of drug-likeness (QED) is 0.688. The van der Waals surface area contributed by atoms with Crippen molar-refractivity contribution in [3.63, 3.8) is 0 Å². The Labute approximate surface area is 90.1 Å². The largest absolute Gasteiger partial charge is 0.294 e. The predicted octanol–water partition coefficient (Wildman–Crippen LogP) is 3.96. The Morgan fingerprint density at radius 2 is 1.71 bits per heavy atom. The first kappa shape index (κ1) is 11.3. The van der Waals surface area contributed by atoms with Gasteiger partial charge in [0.15, 0.2) is 5.78 Å². The lowest BCUT2D eigenvalue weighted by molar-refractivity contribution is 0.0913. The van der Waals surface area contributed by atoms with Crippen LogP contribution in [-0.2, 0) is 0 Å². The predicted molar refractivity (Wildman–Crippen MR) is 59.9 cm³/mol. The number of hydrogen-bond donors (Lipinski definition) is 0. The van der Waals surface area contributed by atoms with Crippen molar-refractivity contribution in [1.82, 2.24) is 0 Å². The number of benzene rings is 1. The van der Waals surface area contributed by atoms with Gasteiger partial charge in [0.1, 0.15) is 0 Å². The van der Waals surface area contributed by atoms with Gasteiger partial charge in [-0.25, -0.2) is 0 Å². The van der Waals surface area contributed by atoms with E-state index in [0.29, 0.717) is 5.02 Å². The van der Waals surface area contributed by atoms with Crippen LogP contribution in [0.5, 0.6) is 0 Å². The van der Waals surface area contributed by atoms with E-state index >= 15 is 0 Å². The van der Waals surface area contributed by atoms with E-state index in [2.05, 4.69) is 0 Å². The molecule has 0 N–H and O–H groups in total. The molecule has 1 nitrogen and oxygen atoms in total. The maximum atomic E-state index is 11.9. The monoisotopic (exact) mass is 210 g/mol. The molecule has 0 atom stereocenters. The van der Waals surface area contributed by atoms with Crippen molar-refractivity contribution in [1.29, 1.82) is 0 Å². The van der Waals surface area contributed by atoms with E-state index in [0.717, 1.165) is 18.4 Å². The second-order valence-electron chi connectivity index (χ2n) is 3.38. The van der Waals surface area contributed by atoms with Crippen molar-refractivity contribution in [2.75, 3.05) is 0 Å². The highest BCUT2D eigenvalue weighted by atomic mass is 35.5.